The topological polar surface area (TPSA) is 56.1 Å². The fourth-order valence-corrected chi connectivity index (χ4v) is 4.25. The summed E-state index contributed by atoms with van der Waals surface area (Å²) >= 11 is 24.7. The van der Waals surface area contributed by atoms with E-state index in [1.807, 2.05) is 44.2 Å². The van der Waals surface area contributed by atoms with E-state index < -0.39 is 0 Å². The van der Waals surface area contributed by atoms with Gasteiger partial charge in [0.2, 0.25) is 0 Å². The number of ether oxygens (including phenoxy) is 1. The fraction of sp³-hybridized carbons (Fsp3) is 0.154. The van der Waals surface area contributed by atoms with Crippen molar-refractivity contribution in [1.29, 1.82) is 0 Å². The molecule has 0 fully saturated rings. The highest BCUT2D eigenvalue weighted by Crippen LogP contribution is 2.27. The van der Waals surface area contributed by atoms with E-state index in [1.54, 1.807) is 35.1 Å². The Labute approximate surface area is 223 Å². The number of aromatic nitrogens is 2. The molecule has 0 bridgehead atoms. The summed E-state index contributed by atoms with van der Waals surface area (Å²) in [7, 11) is 0. The predicted molar refractivity (Wildman–Crippen MR) is 142 cm³/mol. The van der Waals surface area contributed by atoms with Crippen LogP contribution < -0.4 is 10.1 Å². The van der Waals surface area contributed by atoms with Crippen LogP contribution in [0.4, 0.5) is 5.82 Å². The van der Waals surface area contributed by atoms with E-state index in [0.29, 0.717) is 33.8 Å². The Balaban J connectivity index is 1.38. The highest BCUT2D eigenvalue weighted by molar-refractivity contribution is 6.35. The molecule has 0 aliphatic heterocycles. The Bertz CT molecular complexity index is 1360. The van der Waals surface area contributed by atoms with Crippen molar-refractivity contribution >= 4 is 58.1 Å². The standard InChI is InChI=1S/C26H21Cl4N3O2/c1-15-9-21(10-16(2)24(15)30)35-14-17-3-5-18(6-4-17)26(34)31-25-23(29)13-33(32-25)12-19-7-8-20(27)11-22(19)28/h3-11,13H,12,14H2,1-2H3,(H,31,32,34). The lowest BCUT2D eigenvalue weighted by atomic mass is 10.1. The van der Waals surface area contributed by atoms with Gasteiger partial charge in [0.25, 0.3) is 5.91 Å². The molecule has 0 atom stereocenters. The van der Waals surface area contributed by atoms with Crippen molar-refractivity contribution in [3.05, 3.63) is 109 Å². The number of anilines is 1. The fourth-order valence-electron chi connectivity index (χ4n) is 3.48. The second kappa shape index (κ2) is 10.9. The Morgan fingerprint density at radius 3 is 2.29 bits per heavy atom. The minimum absolute atomic E-state index is 0.266. The second-order valence-corrected chi connectivity index (χ2v) is 9.70. The third-order valence-corrected chi connectivity index (χ3v) is 6.79. The molecule has 4 aromatic rings. The van der Waals surface area contributed by atoms with Gasteiger partial charge in [-0.2, -0.15) is 5.10 Å². The van der Waals surface area contributed by atoms with E-state index >= 15 is 0 Å². The van der Waals surface area contributed by atoms with Gasteiger partial charge >= 0.3 is 0 Å². The molecule has 0 unspecified atom stereocenters. The summed E-state index contributed by atoms with van der Waals surface area (Å²) in [5.41, 5.74) is 4.15. The summed E-state index contributed by atoms with van der Waals surface area (Å²) in [6.45, 7) is 4.63. The molecule has 0 spiro atoms. The summed E-state index contributed by atoms with van der Waals surface area (Å²) in [5, 5.41) is 9.26. The van der Waals surface area contributed by atoms with Crippen LogP contribution >= 0.6 is 46.4 Å². The molecule has 1 amide bonds. The van der Waals surface area contributed by atoms with Gasteiger partial charge in [0.05, 0.1) is 6.54 Å². The molecule has 0 saturated carbocycles. The van der Waals surface area contributed by atoms with E-state index in [9.17, 15) is 4.79 Å². The van der Waals surface area contributed by atoms with Crippen LogP contribution in [0.1, 0.15) is 32.6 Å². The number of benzene rings is 3. The minimum atomic E-state index is -0.321. The van der Waals surface area contributed by atoms with Gasteiger partial charge in [0.15, 0.2) is 5.82 Å². The van der Waals surface area contributed by atoms with Gasteiger partial charge in [-0.25, -0.2) is 0 Å². The van der Waals surface area contributed by atoms with Gasteiger partial charge in [-0.05, 0) is 72.5 Å². The molecule has 5 nitrogen and oxygen atoms in total. The quantitative estimate of drug-likeness (QED) is 0.254. The van der Waals surface area contributed by atoms with Crippen LogP contribution in [-0.4, -0.2) is 15.7 Å². The van der Waals surface area contributed by atoms with Gasteiger partial charge in [0, 0.05) is 26.8 Å². The largest absolute Gasteiger partial charge is 0.489 e. The molecule has 35 heavy (non-hydrogen) atoms. The summed E-state index contributed by atoms with van der Waals surface area (Å²) in [6, 6.07) is 16.2. The molecule has 0 radical (unpaired) electrons. The van der Waals surface area contributed by atoms with Crippen LogP contribution in [0.2, 0.25) is 20.1 Å². The monoisotopic (exact) mass is 547 g/mol. The first-order chi connectivity index (χ1) is 16.7. The molecule has 0 saturated heterocycles. The smallest absolute Gasteiger partial charge is 0.256 e. The zero-order valence-electron chi connectivity index (χ0n) is 18.9. The maximum Gasteiger partial charge on any atom is 0.256 e. The molecule has 9 heteroatoms. The zero-order chi connectivity index (χ0) is 25.1. The number of carbonyl (C=O) groups is 1. The second-order valence-electron chi connectivity index (χ2n) is 8.07. The molecule has 1 N–H and O–H groups in total. The number of nitrogens with one attached hydrogen (secondary N) is 1. The van der Waals surface area contributed by atoms with Gasteiger partial charge in [-0.15, -0.1) is 0 Å². The molecule has 3 aromatic carbocycles. The lowest BCUT2D eigenvalue weighted by Gasteiger charge is -2.10. The number of hydrogen-bond donors (Lipinski definition) is 1. The predicted octanol–water partition coefficient (Wildman–Crippen LogP) is 7.99. The Morgan fingerprint density at radius 1 is 0.943 bits per heavy atom. The lowest BCUT2D eigenvalue weighted by Crippen LogP contribution is -2.13. The summed E-state index contributed by atoms with van der Waals surface area (Å²) in [5.74, 6) is 0.692. The minimum Gasteiger partial charge on any atom is -0.489 e. The number of aryl methyl sites for hydroxylation is 2. The number of nitrogens with zero attached hydrogens (tertiary/aromatic N) is 2. The van der Waals surface area contributed by atoms with Crippen molar-refractivity contribution in [2.24, 2.45) is 0 Å². The average molecular weight is 549 g/mol. The van der Waals surface area contributed by atoms with Crippen molar-refractivity contribution in [2.75, 3.05) is 5.32 Å². The normalized spacial score (nSPS) is 10.9. The SMILES string of the molecule is Cc1cc(OCc2ccc(C(=O)Nc3nn(Cc4ccc(Cl)cc4Cl)cc3Cl)cc2)cc(C)c1Cl. The number of rotatable bonds is 7. The highest BCUT2D eigenvalue weighted by Gasteiger charge is 2.14. The number of amides is 1. The van der Waals surface area contributed by atoms with Crippen LogP contribution in [0.25, 0.3) is 0 Å². The van der Waals surface area contributed by atoms with E-state index in [1.165, 1.54) is 0 Å². The zero-order valence-corrected chi connectivity index (χ0v) is 21.9. The molecular formula is C26H21Cl4N3O2. The van der Waals surface area contributed by atoms with Crippen molar-refractivity contribution in [1.82, 2.24) is 9.78 Å². The molecule has 1 heterocycles. The third-order valence-electron chi connectivity index (χ3n) is 5.33. The van der Waals surface area contributed by atoms with Gasteiger partial charge in [-0.1, -0.05) is 64.6 Å². The number of hydrogen-bond acceptors (Lipinski definition) is 3. The van der Waals surface area contributed by atoms with Crippen LogP contribution in [0.3, 0.4) is 0 Å². The average Bonchev–Trinajstić information content (AvgIpc) is 3.16. The molecule has 1 aromatic heterocycles. The Morgan fingerprint density at radius 2 is 1.63 bits per heavy atom. The summed E-state index contributed by atoms with van der Waals surface area (Å²) < 4.78 is 7.49. The molecule has 180 valence electrons. The Hall–Kier alpha value is -2.70. The van der Waals surface area contributed by atoms with Crippen LogP contribution in [0.15, 0.2) is 60.8 Å². The molecule has 4 rings (SSSR count). The van der Waals surface area contributed by atoms with Crippen LogP contribution in [-0.2, 0) is 13.2 Å². The molecule has 0 aliphatic rings. The van der Waals surface area contributed by atoms with Gasteiger partial charge in [0.1, 0.15) is 17.4 Å². The lowest BCUT2D eigenvalue weighted by molar-refractivity contribution is 0.102. The van der Waals surface area contributed by atoms with Gasteiger partial charge < -0.3 is 10.1 Å². The number of carbonyl (C=O) groups excluding carboxylic acids is 1. The maximum atomic E-state index is 12.7. The van der Waals surface area contributed by atoms with E-state index in [2.05, 4.69) is 10.4 Å². The molecule has 0 aliphatic carbocycles. The van der Waals surface area contributed by atoms with Crippen LogP contribution in [0.5, 0.6) is 5.75 Å². The van der Waals surface area contributed by atoms with Crippen molar-refractivity contribution in [3.8, 4) is 5.75 Å². The van der Waals surface area contributed by atoms with E-state index in [0.717, 1.165) is 33.0 Å². The first-order valence-electron chi connectivity index (χ1n) is 10.7. The summed E-state index contributed by atoms with van der Waals surface area (Å²) in [4.78, 5) is 12.7. The van der Waals surface area contributed by atoms with E-state index in [-0.39, 0.29) is 11.7 Å². The third kappa shape index (κ3) is 6.30. The van der Waals surface area contributed by atoms with Crippen LogP contribution in [0, 0.1) is 13.8 Å². The number of halogens is 4. The summed E-state index contributed by atoms with van der Waals surface area (Å²) in [6.07, 6.45) is 1.63. The van der Waals surface area contributed by atoms with Crippen molar-refractivity contribution in [2.45, 2.75) is 27.0 Å². The van der Waals surface area contributed by atoms with Crippen molar-refractivity contribution in [3.63, 3.8) is 0 Å². The van der Waals surface area contributed by atoms with E-state index in [4.69, 9.17) is 51.1 Å². The first kappa shape index (κ1) is 25.4. The first-order valence-corrected chi connectivity index (χ1v) is 12.2. The molecular weight excluding hydrogens is 528 g/mol. The Kier molecular flexibility index (Phi) is 7.92. The van der Waals surface area contributed by atoms with Crippen molar-refractivity contribution < 1.29 is 9.53 Å². The maximum absolute atomic E-state index is 12.7. The van der Waals surface area contributed by atoms with Gasteiger partial charge in [-0.3, -0.25) is 9.48 Å². The highest BCUT2D eigenvalue weighted by atomic mass is 35.5.